The summed E-state index contributed by atoms with van der Waals surface area (Å²) in [4.78, 5) is 11.1. The molecule has 2 aromatic heterocycles. The van der Waals surface area contributed by atoms with Gasteiger partial charge in [0.25, 0.3) is 0 Å². The minimum atomic E-state index is 0.0283. The monoisotopic (exact) mass is 481 g/mol. The molecule has 1 aromatic carbocycles. The van der Waals surface area contributed by atoms with Crippen molar-refractivity contribution in [3.63, 3.8) is 0 Å². The third kappa shape index (κ3) is 6.26. The van der Waals surface area contributed by atoms with Crippen molar-refractivity contribution in [1.82, 2.24) is 14.9 Å². The van der Waals surface area contributed by atoms with Crippen molar-refractivity contribution in [2.45, 2.75) is 51.4 Å². The van der Waals surface area contributed by atoms with Crippen molar-refractivity contribution in [3.05, 3.63) is 65.1 Å². The van der Waals surface area contributed by atoms with E-state index in [9.17, 15) is 5.11 Å². The van der Waals surface area contributed by atoms with Crippen LogP contribution in [0.15, 0.2) is 48.9 Å². The number of aliphatic hydroxyl groups is 1. The minimum Gasteiger partial charge on any atom is -0.497 e. The molecule has 0 amide bonds. The van der Waals surface area contributed by atoms with Gasteiger partial charge in [-0.3, -0.25) is 9.97 Å². The fourth-order valence-electron chi connectivity index (χ4n) is 5.18. The van der Waals surface area contributed by atoms with Crippen LogP contribution < -0.4 is 4.74 Å². The number of hydrogen-bond donors (Lipinski definition) is 1. The Morgan fingerprint density at radius 1 is 1.06 bits per heavy atom. The summed E-state index contributed by atoms with van der Waals surface area (Å²) in [6.07, 6.45) is 14.1. The summed E-state index contributed by atoms with van der Waals surface area (Å²) in [5, 5.41) is 12.1. The van der Waals surface area contributed by atoms with Crippen LogP contribution in [0.5, 0.6) is 5.75 Å². The number of fused-ring (bicyclic) bond motifs is 1. The summed E-state index contributed by atoms with van der Waals surface area (Å²) in [5.41, 5.74) is 3.47. The Hall–Kier alpha value is -2.21. The number of halogens is 1. The highest BCUT2D eigenvalue weighted by molar-refractivity contribution is 6.32. The smallest absolute Gasteiger partial charge is 0.119 e. The number of aryl methyl sites for hydroxylation is 2. The summed E-state index contributed by atoms with van der Waals surface area (Å²) in [7, 11) is 1.68. The average molecular weight is 482 g/mol. The van der Waals surface area contributed by atoms with Crippen molar-refractivity contribution in [3.8, 4) is 5.75 Å². The molecule has 0 bridgehead atoms. The molecule has 3 heterocycles. The lowest BCUT2D eigenvalue weighted by Gasteiger charge is -2.41. The fourth-order valence-corrected chi connectivity index (χ4v) is 5.42. The fraction of sp³-hybridized carbons (Fsp3) is 0.500. The zero-order chi connectivity index (χ0) is 23.8. The largest absolute Gasteiger partial charge is 0.497 e. The number of benzene rings is 1. The number of aromatic nitrogens is 2. The molecule has 34 heavy (non-hydrogen) atoms. The van der Waals surface area contributed by atoms with E-state index >= 15 is 0 Å². The molecule has 0 aliphatic carbocycles. The Morgan fingerprint density at radius 3 is 2.59 bits per heavy atom. The van der Waals surface area contributed by atoms with Crippen molar-refractivity contribution < 1.29 is 9.84 Å². The number of unbranched alkanes of at least 4 members (excludes halogenated alkanes) is 1. The van der Waals surface area contributed by atoms with Gasteiger partial charge in [0.05, 0.1) is 17.6 Å². The first kappa shape index (κ1) is 24.9. The molecule has 0 radical (unpaired) electrons. The molecule has 5 nitrogen and oxygen atoms in total. The van der Waals surface area contributed by atoms with Gasteiger partial charge in [0.15, 0.2) is 0 Å². The maximum absolute atomic E-state index is 10.3. The van der Waals surface area contributed by atoms with E-state index in [-0.39, 0.29) is 12.0 Å². The zero-order valence-corrected chi connectivity index (χ0v) is 20.9. The molecule has 1 N–H and O–H groups in total. The lowest BCUT2D eigenvalue weighted by atomic mass is 9.75. The maximum atomic E-state index is 10.3. The standard InChI is InChI=1S/C28H36ClN3O2/c1-34-23-7-8-27-25(19-23)24(26(29)20-31-27)6-4-11-28(21-33)12-17-32(18-13-28)16-3-2-5-22-9-14-30-15-10-22/h7-10,14-15,19-20,33H,2-6,11-13,16-18,21H2,1H3. The Kier molecular flexibility index (Phi) is 8.76. The van der Waals surface area contributed by atoms with Crippen LogP contribution in [0, 0.1) is 5.41 Å². The van der Waals surface area contributed by atoms with Gasteiger partial charge in [-0.25, -0.2) is 0 Å². The zero-order valence-electron chi connectivity index (χ0n) is 20.2. The molecule has 6 heteroatoms. The van der Waals surface area contributed by atoms with E-state index in [4.69, 9.17) is 16.3 Å². The van der Waals surface area contributed by atoms with Crippen LogP contribution >= 0.6 is 11.6 Å². The molecule has 4 rings (SSSR count). The van der Waals surface area contributed by atoms with Crippen molar-refractivity contribution in [2.24, 2.45) is 5.41 Å². The van der Waals surface area contributed by atoms with Crippen LogP contribution in [0.25, 0.3) is 10.9 Å². The second-order valence-electron chi connectivity index (χ2n) is 9.63. The number of hydrogen-bond acceptors (Lipinski definition) is 5. The van der Waals surface area contributed by atoms with Crippen LogP contribution in [0.1, 0.15) is 49.7 Å². The maximum Gasteiger partial charge on any atom is 0.119 e. The number of pyridine rings is 2. The number of nitrogens with zero attached hydrogens (tertiary/aromatic N) is 3. The quantitative estimate of drug-likeness (QED) is 0.355. The number of ether oxygens (including phenoxy) is 1. The van der Waals surface area contributed by atoms with Gasteiger partial charge in [-0.15, -0.1) is 0 Å². The van der Waals surface area contributed by atoms with Gasteiger partial charge in [0.1, 0.15) is 5.75 Å². The van der Waals surface area contributed by atoms with E-state index in [1.807, 2.05) is 30.6 Å². The van der Waals surface area contributed by atoms with Gasteiger partial charge in [-0.05, 0) is 118 Å². The summed E-state index contributed by atoms with van der Waals surface area (Å²) in [6, 6.07) is 10.2. The van der Waals surface area contributed by atoms with Crippen molar-refractivity contribution in [2.75, 3.05) is 33.4 Å². The van der Waals surface area contributed by atoms with Gasteiger partial charge < -0.3 is 14.7 Å². The second-order valence-corrected chi connectivity index (χ2v) is 10.0. The second kappa shape index (κ2) is 12.0. The van der Waals surface area contributed by atoms with E-state index in [0.717, 1.165) is 80.4 Å². The highest BCUT2D eigenvalue weighted by atomic mass is 35.5. The molecule has 0 saturated carbocycles. The third-order valence-corrected chi connectivity index (χ3v) is 7.78. The van der Waals surface area contributed by atoms with Crippen molar-refractivity contribution in [1.29, 1.82) is 0 Å². The van der Waals surface area contributed by atoms with E-state index in [1.165, 1.54) is 18.4 Å². The van der Waals surface area contributed by atoms with E-state index in [1.54, 1.807) is 13.3 Å². The Balaban J connectivity index is 1.26. The molecule has 182 valence electrons. The molecule has 1 saturated heterocycles. The molecule has 1 fully saturated rings. The topological polar surface area (TPSA) is 58.5 Å². The van der Waals surface area contributed by atoms with Gasteiger partial charge in [-0.2, -0.15) is 0 Å². The van der Waals surface area contributed by atoms with Crippen LogP contribution in [0.2, 0.25) is 5.02 Å². The van der Waals surface area contributed by atoms with Gasteiger partial charge in [-0.1, -0.05) is 11.6 Å². The first-order valence-corrected chi connectivity index (χ1v) is 12.8. The number of piperidine rings is 1. The number of likely N-dealkylation sites (tertiary alicyclic amines) is 1. The lowest BCUT2D eigenvalue weighted by molar-refractivity contribution is 0.0352. The molecule has 0 unspecified atom stereocenters. The van der Waals surface area contributed by atoms with Gasteiger partial charge in [0.2, 0.25) is 0 Å². The van der Waals surface area contributed by atoms with Crippen LogP contribution in [0.3, 0.4) is 0 Å². The average Bonchev–Trinajstić information content (AvgIpc) is 2.89. The molecule has 0 spiro atoms. The summed E-state index contributed by atoms with van der Waals surface area (Å²) < 4.78 is 5.41. The molecule has 1 aliphatic heterocycles. The van der Waals surface area contributed by atoms with E-state index < -0.39 is 0 Å². The molecule has 3 aromatic rings. The molecule has 1 aliphatic rings. The minimum absolute atomic E-state index is 0.0283. The van der Waals surface area contributed by atoms with Crippen LogP contribution in [-0.4, -0.2) is 53.3 Å². The summed E-state index contributed by atoms with van der Waals surface area (Å²) in [5.74, 6) is 0.817. The number of rotatable bonds is 11. The van der Waals surface area contributed by atoms with E-state index in [0.29, 0.717) is 5.02 Å². The molecular weight excluding hydrogens is 446 g/mol. The van der Waals surface area contributed by atoms with Crippen LogP contribution in [-0.2, 0) is 12.8 Å². The third-order valence-electron chi connectivity index (χ3n) is 7.46. The highest BCUT2D eigenvalue weighted by Crippen LogP contribution is 2.37. The Labute approximate surface area is 208 Å². The Morgan fingerprint density at radius 2 is 1.85 bits per heavy atom. The highest BCUT2D eigenvalue weighted by Gasteiger charge is 2.33. The SMILES string of the molecule is COc1ccc2ncc(Cl)c(CCCC3(CO)CCN(CCCCc4ccncc4)CC3)c2c1. The number of aliphatic hydroxyl groups excluding tert-OH is 1. The lowest BCUT2D eigenvalue weighted by Crippen LogP contribution is -2.42. The van der Waals surface area contributed by atoms with Gasteiger partial charge in [0, 0.05) is 30.6 Å². The van der Waals surface area contributed by atoms with Crippen LogP contribution in [0.4, 0.5) is 0 Å². The summed E-state index contributed by atoms with van der Waals surface area (Å²) >= 11 is 6.55. The first-order chi connectivity index (χ1) is 16.6. The number of methoxy groups -OCH3 is 1. The first-order valence-electron chi connectivity index (χ1n) is 12.5. The predicted molar refractivity (Wildman–Crippen MR) is 139 cm³/mol. The molecular formula is C28H36ClN3O2. The normalized spacial score (nSPS) is 16.1. The molecule has 0 atom stereocenters. The Bertz CT molecular complexity index is 1050. The van der Waals surface area contributed by atoms with Crippen molar-refractivity contribution >= 4 is 22.5 Å². The van der Waals surface area contributed by atoms with E-state index in [2.05, 4.69) is 27.0 Å². The predicted octanol–water partition coefficient (Wildman–Crippen LogP) is 5.71. The van der Waals surface area contributed by atoms with Gasteiger partial charge >= 0.3 is 0 Å². The summed E-state index contributed by atoms with van der Waals surface area (Å²) in [6.45, 7) is 3.56.